The molecular formula is C18H23FN2O3. The van der Waals surface area contributed by atoms with E-state index >= 15 is 0 Å². The number of ether oxygens (including phenoxy) is 1. The minimum absolute atomic E-state index is 0.0146. The van der Waals surface area contributed by atoms with Crippen molar-refractivity contribution in [1.29, 1.82) is 0 Å². The van der Waals surface area contributed by atoms with Crippen molar-refractivity contribution >= 4 is 11.8 Å². The standard InChI is InChI=1S/C18H23FN2O3/c1-6-24-18(23)16(12(2)3)10-20-13(4)21(5)11-14-9-15(19)7-8-17(14)22/h7-10,22H,2,6,11H2,1,3-5H3/b16-10-,20-13?. The van der Waals surface area contributed by atoms with E-state index in [-0.39, 0.29) is 18.9 Å². The molecule has 1 aromatic carbocycles. The molecule has 0 radical (unpaired) electrons. The zero-order valence-electron chi connectivity index (χ0n) is 14.5. The van der Waals surface area contributed by atoms with Gasteiger partial charge in [-0.2, -0.15) is 0 Å². The Balaban J connectivity index is 2.93. The van der Waals surface area contributed by atoms with Crippen LogP contribution in [0.2, 0.25) is 0 Å². The van der Waals surface area contributed by atoms with Crippen molar-refractivity contribution in [2.75, 3.05) is 13.7 Å². The van der Waals surface area contributed by atoms with Crippen LogP contribution < -0.4 is 0 Å². The molecule has 0 heterocycles. The lowest BCUT2D eigenvalue weighted by Gasteiger charge is -2.19. The van der Waals surface area contributed by atoms with Crippen LogP contribution in [0.15, 0.2) is 47.1 Å². The van der Waals surface area contributed by atoms with Crippen LogP contribution in [0.5, 0.6) is 5.75 Å². The number of phenols is 1. The molecule has 6 heteroatoms. The van der Waals surface area contributed by atoms with Crippen molar-refractivity contribution in [2.24, 2.45) is 4.99 Å². The number of aromatic hydroxyl groups is 1. The summed E-state index contributed by atoms with van der Waals surface area (Å²) in [7, 11) is 1.75. The fourth-order valence-electron chi connectivity index (χ4n) is 1.85. The van der Waals surface area contributed by atoms with Crippen LogP contribution in [0, 0.1) is 5.82 Å². The number of esters is 1. The van der Waals surface area contributed by atoms with Crippen LogP contribution in [0.3, 0.4) is 0 Å². The summed E-state index contributed by atoms with van der Waals surface area (Å²) >= 11 is 0. The number of phenolic OH excluding ortho intramolecular Hbond substituents is 1. The molecule has 0 spiro atoms. The highest BCUT2D eigenvalue weighted by Crippen LogP contribution is 2.19. The average Bonchev–Trinajstić information content (AvgIpc) is 2.50. The molecule has 0 atom stereocenters. The fourth-order valence-corrected chi connectivity index (χ4v) is 1.85. The second-order valence-corrected chi connectivity index (χ2v) is 5.35. The third kappa shape index (κ3) is 5.53. The minimum Gasteiger partial charge on any atom is -0.508 e. The summed E-state index contributed by atoms with van der Waals surface area (Å²) in [4.78, 5) is 17.8. The van der Waals surface area contributed by atoms with Crippen molar-refractivity contribution in [3.05, 3.63) is 53.5 Å². The Bertz CT molecular complexity index is 681. The summed E-state index contributed by atoms with van der Waals surface area (Å²) < 4.78 is 18.2. The summed E-state index contributed by atoms with van der Waals surface area (Å²) in [5.74, 6) is -0.299. The predicted octanol–water partition coefficient (Wildman–Crippen LogP) is 3.40. The van der Waals surface area contributed by atoms with Crippen molar-refractivity contribution in [3.8, 4) is 5.75 Å². The number of amidine groups is 1. The van der Waals surface area contributed by atoms with Gasteiger partial charge in [-0.15, -0.1) is 0 Å². The molecule has 24 heavy (non-hydrogen) atoms. The summed E-state index contributed by atoms with van der Waals surface area (Å²) in [6, 6.07) is 3.78. The third-order valence-corrected chi connectivity index (χ3v) is 3.34. The monoisotopic (exact) mass is 334 g/mol. The van der Waals surface area contributed by atoms with Gasteiger partial charge in [0.15, 0.2) is 0 Å². The van der Waals surface area contributed by atoms with E-state index in [0.717, 1.165) is 0 Å². The Kier molecular flexibility index (Phi) is 7.17. The first kappa shape index (κ1) is 19.4. The van der Waals surface area contributed by atoms with Gasteiger partial charge in [-0.3, -0.25) is 0 Å². The van der Waals surface area contributed by atoms with Gasteiger partial charge in [0.05, 0.1) is 12.2 Å². The number of hydrogen-bond donors (Lipinski definition) is 1. The first-order valence-corrected chi connectivity index (χ1v) is 7.52. The molecule has 0 unspecified atom stereocenters. The van der Waals surface area contributed by atoms with Crippen molar-refractivity contribution in [1.82, 2.24) is 4.90 Å². The van der Waals surface area contributed by atoms with Crippen LogP contribution in [-0.2, 0) is 16.1 Å². The second kappa shape index (κ2) is 8.86. The van der Waals surface area contributed by atoms with Crippen LogP contribution in [0.25, 0.3) is 0 Å². The van der Waals surface area contributed by atoms with Gasteiger partial charge < -0.3 is 14.7 Å². The van der Waals surface area contributed by atoms with Gasteiger partial charge >= 0.3 is 5.97 Å². The number of carbonyl (C=O) groups is 1. The maximum atomic E-state index is 13.3. The van der Waals surface area contributed by atoms with Gasteiger partial charge in [-0.1, -0.05) is 6.58 Å². The number of carbonyl (C=O) groups excluding carboxylic acids is 1. The number of halogens is 1. The van der Waals surface area contributed by atoms with Crippen LogP contribution >= 0.6 is 0 Å². The Morgan fingerprint density at radius 3 is 2.71 bits per heavy atom. The molecule has 0 aliphatic carbocycles. The second-order valence-electron chi connectivity index (χ2n) is 5.35. The first-order chi connectivity index (χ1) is 11.3. The molecular weight excluding hydrogens is 311 g/mol. The number of aliphatic imine (C=N–C) groups is 1. The van der Waals surface area contributed by atoms with E-state index in [9.17, 15) is 14.3 Å². The molecule has 5 nitrogen and oxygen atoms in total. The number of nitrogens with zero attached hydrogens (tertiary/aromatic N) is 2. The minimum atomic E-state index is -0.480. The Hall–Kier alpha value is -2.63. The highest BCUT2D eigenvalue weighted by Gasteiger charge is 2.12. The highest BCUT2D eigenvalue weighted by molar-refractivity contribution is 5.93. The molecule has 1 rings (SSSR count). The predicted molar refractivity (Wildman–Crippen MR) is 92.2 cm³/mol. The lowest BCUT2D eigenvalue weighted by atomic mass is 10.1. The largest absolute Gasteiger partial charge is 0.508 e. The quantitative estimate of drug-likeness (QED) is 0.285. The van der Waals surface area contributed by atoms with E-state index in [2.05, 4.69) is 11.6 Å². The van der Waals surface area contributed by atoms with Gasteiger partial charge in [-0.25, -0.2) is 14.2 Å². The molecule has 0 saturated carbocycles. The normalized spacial score (nSPS) is 12.0. The van der Waals surface area contributed by atoms with Crippen molar-refractivity contribution in [3.63, 3.8) is 0 Å². The maximum absolute atomic E-state index is 13.3. The SMILES string of the molecule is C=C(C)/C(=C/N=C(C)N(C)Cc1cc(F)ccc1O)C(=O)OCC. The van der Waals surface area contributed by atoms with Gasteiger partial charge in [0.1, 0.15) is 17.4 Å². The van der Waals surface area contributed by atoms with E-state index in [4.69, 9.17) is 4.74 Å². The molecule has 0 aromatic heterocycles. The topological polar surface area (TPSA) is 62.1 Å². The summed E-state index contributed by atoms with van der Waals surface area (Å²) in [6.07, 6.45) is 1.40. The molecule has 130 valence electrons. The van der Waals surface area contributed by atoms with E-state index < -0.39 is 11.8 Å². The van der Waals surface area contributed by atoms with Crippen LogP contribution in [0.4, 0.5) is 4.39 Å². The average molecular weight is 334 g/mol. The maximum Gasteiger partial charge on any atom is 0.339 e. The summed E-state index contributed by atoms with van der Waals surface area (Å²) in [5, 5.41) is 9.77. The smallest absolute Gasteiger partial charge is 0.339 e. The number of rotatable bonds is 6. The van der Waals surface area contributed by atoms with Crippen LogP contribution in [0.1, 0.15) is 26.3 Å². The van der Waals surface area contributed by atoms with E-state index in [1.54, 1.807) is 32.7 Å². The van der Waals surface area contributed by atoms with Crippen LogP contribution in [-0.4, -0.2) is 35.5 Å². The van der Waals surface area contributed by atoms with Gasteiger partial charge in [0, 0.05) is 25.4 Å². The first-order valence-electron chi connectivity index (χ1n) is 7.52. The Morgan fingerprint density at radius 1 is 1.46 bits per heavy atom. The van der Waals surface area contributed by atoms with Gasteiger partial charge in [-0.05, 0) is 44.5 Å². The molecule has 0 fully saturated rings. The Labute approximate surface area is 141 Å². The lowest BCUT2D eigenvalue weighted by molar-refractivity contribution is -0.138. The molecule has 1 N–H and O–H groups in total. The molecule has 0 amide bonds. The van der Waals surface area contributed by atoms with Gasteiger partial charge in [0.25, 0.3) is 0 Å². The molecule has 0 saturated heterocycles. The highest BCUT2D eigenvalue weighted by atomic mass is 19.1. The van der Waals surface area contributed by atoms with E-state index in [1.807, 2.05) is 0 Å². The van der Waals surface area contributed by atoms with Gasteiger partial charge in [0.2, 0.25) is 0 Å². The third-order valence-electron chi connectivity index (χ3n) is 3.34. The summed E-state index contributed by atoms with van der Waals surface area (Å²) in [5.41, 5.74) is 1.29. The lowest BCUT2D eigenvalue weighted by Crippen LogP contribution is -2.23. The summed E-state index contributed by atoms with van der Waals surface area (Å²) in [6.45, 7) is 9.45. The number of benzene rings is 1. The van der Waals surface area contributed by atoms with E-state index in [1.165, 1.54) is 24.4 Å². The zero-order valence-corrected chi connectivity index (χ0v) is 14.5. The molecule has 0 aliphatic heterocycles. The Morgan fingerprint density at radius 2 is 2.12 bits per heavy atom. The van der Waals surface area contributed by atoms with E-state index in [0.29, 0.717) is 22.5 Å². The van der Waals surface area contributed by atoms with Crippen molar-refractivity contribution < 1.29 is 19.0 Å². The molecule has 1 aromatic rings. The fraction of sp³-hybridized carbons (Fsp3) is 0.333. The molecule has 0 bridgehead atoms. The number of hydrogen-bond acceptors (Lipinski definition) is 4. The van der Waals surface area contributed by atoms with Crippen molar-refractivity contribution in [2.45, 2.75) is 27.3 Å². The molecule has 0 aliphatic rings. The zero-order chi connectivity index (χ0) is 18.3.